The summed E-state index contributed by atoms with van der Waals surface area (Å²) in [5.41, 5.74) is 7.52. The van der Waals surface area contributed by atoms with Gasteiger partial charge in [-0.2, -0.15) is 5.26 Å². The molecule has 1 saturated heterocycles. The maximum atomic E-state index is 12.6. The van der Waals surface area contributed by atoms with E-state index in [0.717, 1.165) is 31.6 Å². The molecule has 2 amide bonds. The molecule has 1 heterocycles. The number of nitrogens with one attached hydrogen (secondary N) is 1. The molecule has 0 saturated carbocycles. The van der Waals surface area contributed by atoms with Gasteiger partial charge in [0.15, 0.2) is 18.1 Å². The first kappa shape index (κ1) is 21.0. The molecule has 1 fully saturated rings. The summed E-state index contributed by atoms with van der Waals surface area (Å²) in [7, 11) is 0. The Morgan fingerprint density at radius 1 is 1.13 bits per heavy atom. The summed E-state index contributed by atoms with van der Waals surface area (Å²) in [5, 5.41) is 11.9. The van der Waals surface area contributed by atoms with Crippen LogP contribution in [0.25, 0.3) is 0 Å². The van der Waals surface area contributed by atoms with Crippen LogP contribution in [0.15, 0.2) is 36.4 Å². The molecule has 1 aliphatic rings. The number of anilines is 2. The van der Waals surface area contributed by atoms with Gasteiger partial charge in [-0.25, -0.2) is 0 Å². The Morgan fingerprint density at radius 3 is 2.57 bits per heavy atom. The smallest absolute Gasteiger partial charge is 0.262 e. The van der Waals surface area contributed by atoms with E-state index in [1.165, 1.54) is 0 Å². The molecule has 8 nitrogen and oxygen atoms in total. The minimum atomic E-state index is -0.561. The summed E-state index contributed by atoms with van der Waals surface area (Å²) in [5.74, 6) is -0.174. The zero-order chi connectivity index (χ0) is 21.5. The number of hydrogen-bond donors (Lipinski definition) is 2. The number of carbonyl (C=O) groups excluding carboxylic acids is 2. The summed E-state index contributed by atoms with van der Waals surface area (Å²) in [4.78, 5) is 26.3. The monoisotopic (exact) mass is 408 g/mol. The molecular formula is C22H24N4O4. The summed E-state index contributed by atoms with van der Waals surface area (Å²) >= 11 is 0. The molecule has 0 aliphatic carbocycles. The highest BCUT2D eigenvalue weighted by Crippen LogP contribution is 2.31. The number of ether oxygens (including phenoxy) is 2. The summed E-state index contributed by atoms with van der Waals surface area (Å²) in [6.07, 6.45) is 2.15. The Bertz CT molecular complexity index is 978. The van der Waals surface area contributed by atoms with Crippen molar-refractivity contribution >= 4 is 23.2 Å². The van der Waals surface area contributed by atoms with Crippen molar-refractivity contribution in [3.63, 3.8) is 0 Å². The standard InChI is InChI=1S/C22H24N4O4/c1-2-29-20-11-15(13-23)5-8-19(20)30-14-21(27)25-17-12-16(22(24)28)6-7-18(17)26-9-3-4-10-26/h5-8,11-12H,2-4,9-10,14H2,1H3,(H2,24,28)(H,25,27). The molecule has 2 aromatic rings. The molecule has 2 aromatic carbocycles. The van der Waals surface area contributed by atoms with Crippen LogP contribution in [0.2, 0.25) is 0 Å². The Morgan fingerprint density at radius 2 is 1.90 bits per heavy atom. The van der Waals surface area contributed by atoms with E-state index in [2.05, 4.69) is 10.2 Å². The number of nitrogens with two attached hydrogens (primary N) is 1. The van der Waals surface area contributed by atoms with E-state index >= 15 is 0 Å². The summed E-state index contributed by atoms with van der Waals surface area (Å²) < 4.78 is 11.1. The average Bonchev–Trinajstić information content (AvgIpc) is 3.27. The van der Waals surface area contributed by atoms with E-state index in [1.807, 2.05) is 13.0 Å². The van der Waals surface area contributed by atoms with Crippen LogP contribution in [0.5, 0.6) is 11.5 Å². The van der Waals surface area contributed by atoms with Crippen LogP contribution in [0.4, 0.5) is 11.4 Å². The van der Waals surface area contributed by atoms with Crippen LogP contribution >= 0.6 is 0 Å². The highest BCUT2D eigenvalue weighted by molar-refractivity contribution is 5.99. The lowest BCUT2D eigenvalue weighted by molar-refractivity contribution is -0.118. The van der Waals surface area contributed by atoms with Crippen molar-refractivity contribution in [3.8, 4) is 17.6 Å². The van der Waals surface area contributed by atoms with Crippen molar-refractivity contribution in [2.45, 2.75) is 19.8 Å². The summed E-state index contributed by atoms with van der Waals surface area (Å²) in [6, 6.07) is 11.8. The number of hydrogen-bond acceptors (Lipinski definition) is 6. The zero-order valence-corrected chi connectivity index (χ0v) is 16.8. The molecule has 0 unspecified atom stereocenters. The fourth-order valence-corrected chi connectivity index (χ4v) is 3.32. The van der Waals surface area contributed by atoms with E-state index in [4.69, 9.17) is 20.5 Å². The molecule has 0 bridgehead atoms. The highest BCUT2D eigenvalue weighted by Gasteiger charge is 2.19. The largest absolute Gasteiger partial charge is 0.490 e. The molecule has 30 heavy (non-hydrogen) atoms. The van der Waals surface area contributed by atoms with Gasteiger partial charge in [0.25, 0.3) is 5.91 Å². The average molecular weight is 408 g/mol. The Kier molecular flexibility index (Phi) is 6.75. The van der Waals surface area contributed by atoms with E-state index in [-0.39, 0.29) is 12.5 Å². The minimum Gasteiger partial charge on any atom is -0.490 e. The lowest BCUT2D eigenvalue weighted by Crippen LogP contribution is -2.25. The predicted octanol–water partition coefficient (Wildman–Crippen LogP) is 2.67. The highest BCUT2D eigenvalue weighted by atomic mass is 16.5. The maximum absolute atomic E-state index is 12.6. The van der Waals surface area contributed by atoms with Gasteiger partial charge in [0.1, 0.15) is 0 Å². The van der Waals surface area contributed by atoms with Gasteiger partial charge >= 0.3 is 0 Å². The third-order valence-electron chi connectivity index (χ3n) is 4.73. The zero-order valence-electron chi connectivity index (χ0n) is 16.8. The van der Waals surface area contributed by atoms with Gasteiger partial charge in [-0.3, -0.25) is 9.59 Å². The number of nitrogens with zero attached hydrogens (tertiary/aromatic N) is 2. The van der Waals surface area contributed by atoms with Crippen molar-refractivity contribution in [2.75, 3.05) is 36.5 Å². The molecule has 3 N–H and O–H groups in total. The van der Waals surface area contributed by atoms with Gasteiger partial charge in [0.2, 0.25) is 5.91 Å². The maximum Gasteiger partial charge on any atom is 0.262 e. The first-order valence-corrected chi connectivity index (χ1v) is 9.80. The van der Waals surface area contributed by atoms with E-state index in [9.17, 15) is 9.59 Å². The molecule has 8 heteroatoms. The van der Waals surface area contributed by atoms with Crippen molar-refractivity contribution < 1.29 is 19.1 Å². The van der Waals surface area contributed by atoms with Gasteiger partial charge in [-0.05, 0) is 50.1 Å². The fourth-order valence-electron chi connectivity index (χ4n) is 3.32. The SMILES string of the molecule is CCOc1cc(C#N)ccc1OCC(=O)Nc1cc(C(N)=O)ccc1N1CCCC1. The molecule has 0 spiro atoms. The Labute approximate surface area is 175 Å². The van der Waals surface area contributed by atoms with Crippen LogP contribution in [-0.2, 0) is 4.79 Å². The number of rotatable bonds is 8. The van der Waals surface area contributed by atoms with E-state index in [1.54, 1.807) is 36.4 Å². The van der Waals surface area contributed by atoms with Crippen LogP contribution in [0.3, 0.4) is 0 Å². The second kappa shape index (κ2) is 9.65. The number of primary amides is 1. The molecule has 1 aliphatic heterocycles. The topological polar surface area (TPSA) is 118 Å². The number of benzene rings is 2. The molecule has 0 aromatic heterocycles. The van der Waals surface area contributed by atoms with Gasteiger partial charge in [-0.15, -0.1) is 0 Å². The van der Waals surface area contributed by atoms with Crippen LogP contribution in [0.1, 0.15) is 35.7 Å². The van der Waals surface area contributed by atoms with Crippen molar-refractivity contribution in [1.82, 2.24) is 0 Å². The first-order chi connectivity index (χ1) is 14.5. The Balaban J connectivity index is 1.74. The fraction of sp³-hybridized carbons (Fsp3) is 0.318. The quantitative estimate of drug-likeness (QED) is 0.693. The van der Waals surface area contributed by atoms with Crippen molar-refractivity contribution in [3.05, 3.63) is 47.5 Å². The third-order valence-corrected chi connectivity index (χ3v) is 4.73. The second-order valence-corrected chi connectivity index (χ2v) is 6.83. The minimum absolute atomic E-state index is 0.258. The lowest BCUT2D eigenvalue weighted by Gasteiger charge is -2.22. The lowest BCUT2D eigenvalue weighted by atomic mass is 10.1. The van der Waals surface area contributed by atoms with E-state index in [0.29, 0.717) is 34.9 Å². The normalized spacial score (nSPS) is 12.9. The van der Waals surface area contributed by atoms with Crippen LogP contribution in [0, 0.1) is 11.3 Å². The van der Waals surface area contributed by atoms with Crippen molar-refractivity contribution in [1.29, 1.82) is 5.26 Å². The molecule has 0 radical (unpaired) electrons. The first-order valence-electron chi connectivity index (χ1n) is 9.80. The Hall–Kier alpha value is -3.73. The molecular weight excluding hydrogens is 384 g/mol. The van der Waals surface area contributed by atoms with Gasteiger partial charge in [-0.1, -0.05) is 0 Å². The summed E-state index contributed by atoms with van der Waals surface area (Å²) in [6.45, 7) is 3.74. The number of amides is 2. The molecule has 156 valence electrons. The predicted molar refractivity (Wildman–Crippen MR) is 113 cm³/mol. The molecule has 0 atom stereocenters. The van der Waals surface area contributed by atoms with E-state index < -0.39 is 5.91 Å². The van der Waals surface area contributed by atoms with Gasteiger partial charge in [0.05, 0.1) is 29.6 Å². The second-order valence-electron chi connectivity index (χ2n) is 6.83. The van der Waals surface area contributed by atoms with Gasteiger partial charge in [0, 0.05) is 24.7 Å². The number of carbonyl (C=O) groups is 2. The van der Waals surface area contributed by atoms with Crippen LogP contribution < -0.4 is 25.4 Å². The van der Waals surface area contributed by atoms with Crippen molar-refractivity contribution in [2.24, 2.45) is 5.73 Å². The third kappa shape index (κ3) is 5.00. The molecule has 3 rings (SSSR count). The number of nitriles is 1. The van der Waals surface area contributed by atoms with Gasteiger partial charge < -0.3 is 25.4 Å². The van der Waals surface area contributed by atoms with Crippen LogP contribution in [-0.4, -0.2) is 38.1 Å².